The van der Waals surface area contributed by atoms with Gasteiger partial charge in [-0.15, -0.1) is 0 Å². The van der Waals surface area contributed by atoms with Crippen molar-refractivity contribution < 1.29 is 19.1 Å². The molecule has 2 aromatic rings. The molecular weight excluding hydrogens is 373 g/mol. The number of nitrogens with one attached hydrogen (secondary N) is 1. The Bertz CT molecular complexity index is 886. The monoisotopic (exact) mass is 389 g/mol. The molecule has 1 fully saturated rings. The molecule has 0 aliphatic carbocycles. The van der Waals surface area contributed by atoms with Gasteiger partial charge < -0.3 is 15.3 Å². The summed E-state index contributed by atoms with van der Waals surface area (Å²) in [7, 11) is 0. The second-order valence-corrected chi connectivity index (χ2v) is 6.57. The molecule has 2 heterocycles. The van der Waals surface area contributed by atoms with Crippen molar-refractivity contribution in [2.45, 2.75) is 12.5 Å². The van der Waals surface area contributed by atoms with Crippen LogP contribution in [0.1, 0.15) is 22.3 Å². The summed E-state index contributed by atoms with van der Waals surface area (Å²) >= 11 is 6.21. The predicted octanol–water partition coefficient (Wildman–Crippen LogP) is 3.30. The van der Waals surface area contributed by atoms with Gasteiger partial charge in [0.15, 0.2) is 0 Å². The summed E-state index contributed by atoms with van der Waals surface area (Å²) in [6, 6.07) is 7.08. The minimum absolute atomic E-state index is 0.0141. The van der Waals surface area contributed by atoms with E-state index in [1.54, 1.807) is 11.0 Å². The lowest BCUT2D eigenvalue weighted by Crippen LogP contribution is -2.31. The van der Waals surface area contributed by atoms with E-state index in [-0.39, 0.29) is 17.8 Å². The maximum atomic E-state index is 13.0. The molecule has 1 saturated heterocycles. The molecule has 2 N–H and O–H groups in total. The number of hydrogen-bond donors (Lipinski definition) is 2. The van der Waals surface area contributed by atoms with Crippen LogP contribution in [0.25, 0.3) is 6.08 Å². The van der Waals surface area contributed by atoms with E-state index >= 15 is 0 Å². The molecule has 1 aliphatic heterocycles. The van der Waals surface area contributed by atoms with Crippen LogP contribution in [0.3, 0.4) is 0 Å². The number of carbonyl (C=O) groups is 2. The van der Waals surface area contributed by atoms with E-state index in [9.17, 15) is 14.0 Å². The predicted molar refractivity (Wildman–Crippen MR) is 100 cm³/mol. The normalized spacial score (nSPS) is 16.7. The summed E-state index contributed by atoms with van der Waals surface area (Å²) in [5.41, 5.74) is 1.02. The number of carbonyl (C=O) groups excluding carboxylic acids is 1. The zero-order valence-electron chi connectivity index (χ0n) is 14.2. The van der Waals surface area contributed by atoms with Crippen LogP contribution in [0.2, 0.25) is 5.02 Å². The van der Waals surface area contributed by atoms with Gasteiger partial charge in [0.2, 0.25) is 0 Å². The van der Waals surface area contributed by atoms with Crippen LogP contribution in [0.15, 0.2) is 42.6 Å². The van der Waals surface area contributed by atoms with Gasteiger partial charge in [0.1, 0.15) is 11.6 Å². The summed E-state index contributed by atoms with van der Waals surface area (Å²) in [5.74, 6) is -1.10. The van der Waals surface area contributed by atoms with Gasteiger partial charge >= 0.3 is 5.97 Å². The Morgan fingerprint density at radius 3 is 2.74 bits per heavy atom. The molecule has 3 rings (SSSR count). The molecule has 8 heteroatoms. The number of nitrogens with zero attached hydrogens (tertiary/aromatic N) is 2. The molecule has 27 heavy (non-hydrogen) atoms. The minimum Gasteiger partial charge on any atom is -0.478 e. The molecule has 0 bridgehead atoms. The third-order valence-corrected chi connectivity index (χ3v) is 4.48. The first-order valence-electron chi connectivity index (χ1n) is 8.30. The molecule has 0 saturated carbocycles. The van der Waals surface area contributed by atoms with Crippen LogP contribution >= 0.6 is 11.6 Å². The van der Waals surface area contributed by atoms with E-state index in [4.69, 9.17) is 16.7 Å². The van der Waals surface area contributed by atoms with Crippen molar-refractivity contribution in [1.82, 2.24) is 9.88 Å². The first kappa shape index (κ1) is 18.8. The molecular formula is C19H17ClFN3O3. The van der Waals surface area contributed by atoms with Crippen LogP contribution in [-0.2, 0) is 4.79 Å². The Balaban J connectivity index is 1.62. The van der Waals surface area contributed by atoms with Crippen molar-refractivity contribution in [3.8, 4) is 0 Å². The second-order valence-electron chi connectivity index (χ2n) is 6.16. The largest absolute Gasteiger partial charge is 0.478 e. The summed E-state index contributed by atoms with van der Waals surface area (Å²) in [5, 5.41) is 12.2. The Hall–Kier alpha value is -2.93. The van der Waals surface area contributed by atoms with Gasteiger partial charge in [-0.05, 0) is 48.4 Å². The average Bonchev–Trinajstić information content (AvgIpc) is 3.10. The highest BCUT2D eigenvalue weighted by molar-refractivity contribution is 6.33. The molecule has 140 valence electrons. The maximum absolute atomic E-state index is 13.0. The highest BCUT2D eigenvalue weighted by Crippen LogP contribution is 2.24. The number of aliphatic carboxylic acids is 1. The first-order valence-corrected chi connectivity index (χ1v) is 8.68. The van der Waals surface area contributed by atoms with E-state index in [0.717, 1.165) is 12.5 Å². The van der Waals surface area contributed by atoms with Gasteiger partial charge in [0.25, 0.3) is 5.91 Å². The standard InChI is InChI=1S/C19H17ClFN3O3/c20-16-9-12(1-6-17(25)26)10-22-18(16)23-15-7-8-24(11-15)19(27)13-2-4-14(21)5-3-13/h1-6,9-10,15H,7-8,11H2,(H,22,23)(H,25,26)/b6-1+/t15-/m1/s1. The lowest BCUT2D eigenvalue weighted by Gasteiger charge is -2.18. The second kappa shape index (κ2) is 8.18. The van der Waals surface area contributed by atoms with Crippen molar-refractivity contribution in [3.63, 3.8) is 0 Å². The molecule has 0 spiro atoms. The summed E-state index contributed by atoms with van der Waals surface area (Å²) in [4.78, 5) is 29.0. The number of rotatable bonds is 5. The number of amides is 1. The lowest BCUT2D eigenvalue weighted by atomic mass is 10.2. The van der Waals surface area contributed by atoms with E-state index in [0.29, 0.717) is 35.1 Å². The minimum atomic E-state index is -1.05. The molecule has 0 unspecified atom stereocenters. The number of benzene rings is 1. The number of likely N-dealkylation sites (tertiary alicyclic amines) is 1. The SMILES string of the molecule is O=C(O)/C=C/c1cnc(N[C@@H]2CCN(C(=O)c3ccc(F)cc3)C2)c(Cl)c1. The zero-order chi connectivity index (χ0) is 19.4. The number of hydrogen-bond acceptors (Lipinski definition) is 4. The number of aromatic nitrogens is 1. The fourth-order valence-corrected chi connectivity index (χ4v) is 3.08. The van der Waals surface area contributed by atoms with Gasteiger partial charge in [-0.2, -0.15) is 0 Å². The third-order valence-electron chi connectivity index (χ3n) is 4.19. The van der Waals surface area contributed by atoms with Crippen LogP contribution < -0.4 is 5.32 Å². The van der Waals surface area contributed by atoms with E-state index in [1.165, 1.54) is 36.5 Å². The zero-order valence-corrected chi connectivity index (χ0v) is 15.0. The average molecular weight is 390 g/mol. The number of carboxylic acids is 1. The fourth-order valence-electron chi connectivity index (χ4n) is 2.85. The Morgan fingerprint density at radius 1 is 1.33 bits per heavy atom. The van der Waals surface area contributed by atoms with Crippen LogP contribution in [0.5, 0.6) is 0 Å². The topological polar surface area (TPSA) is 82.5 Å². The molecule has 0 radical (unpaired) electrons. The lowest BCUT2D eigenvalue weighted by molar-refractivity contribution is -0.131. The van der Waals surface area contributed by atoms with Gasteiger partial charge in [0.05, 0.1) is 5.02 Å². The fraction of sp³-hybridized carbons (Fsp3) is 0.211. The number of carboxylic acid groups (broad SMARTS) is 1. The maximum Gasteiger partial charge on any atom is 0.328 e. The van der Waals surface area contributed by atoms with Crippen molar-refractivity contribution in [3.05, 3.63) is 64.6 Å². The van der Waals surface area contributed by atoms with Crippen molar-refractivity contribution in [1.29, 1.82) is 0 Å². The van der Waals surface area contributed by atoms with Crippen molar-refractivity contribution in [2.24, 2.45) is 0 Å². The van der Waals surface area contributed by atoms with Gasteiger partial charge in [-0.25, -0.2) is 14.2 Å². The van der Waals surface area contributed by atoms with Gasteiger partial charge in [0, 0.05) is 37.0 Å². The van der Waals surface area contributed by atoms with Crippen LogP contribution in [0, 0.1) is 5.82 Å². The third kappa shape index (κ3) is 4.83. The van der Waals surface area contributed by atoms with Crippen molar-refractivity contribution in [2.75, 3.05) is 18.4 Å². The highest BCUT2D eigenvalue weighted by Gasteiger charge is 2.27. The Morgan fingerprint density at radius 2 is 2.07 bits per heavy atom. The molecule has 1 amide bonds. The van der Waals surface area contributed by atoms with Crippen molar-refractivity contribution >= 4 is 35.4 Å². The number of anilines is 1. The summed E-state index contributed by atoms with van der Waals surface area (Å²) in [6.45, 7) is 1.06. The number of pyridine rings is 1. The van der Waals surface area contributed by atoms with E-state index in [1.807, 2.05) is 0 Å². The first-order chi connectivity index (χ1) is 12.9. The Kier molecular flexibility index (Phi) is 5.71. The molecule has 6 nitrogen and oxygen atoms in total. The summed E-state index contributed by atoms with van der Waals surface area (Å²) in [6.07, 6.45) is 4.66. The van der Waals surface area contributed by atoms with Gasteiger partial charge in [-0.1, -0.05) is 11.6 Å². The Labute approximate surface area is 160 Å². The number of halogens is 2. The smallest absolute Gasteiger partial charge is 0.328 e. The van der Waals surface area contributed by atoms with E-state index in [2.05, 4.69) is 10.3 Å². The molecule has 1 aromatic heterocycles. The molecule has 1 aromatic carbocycles. The highest BCUT2D eigenvalue weighted by atomic mass is 35.5. The van der Waals surface area contributed by atoms with Gasteiger partial charge in [-0.3, -0.25) is 4.79 Å². The van der Waals surface area contributed by atoms with Crippen LogP contribution in [0.4, 0.5) is 10.2 Å². The molecule has 1 aliphatic rings. The van der Waals surface area contributed by atoms with Crippen LogP contribution in [-0.4, -0.2) is 46.0 Å². The quantitative estimate of drug-likeness (QED) is 0.767. The van der Waals surface area contributed by atoms with E-state index < -0.39 is 5.97 Å². The molecule has 1 atom stereocenters. The summed E-state index contributed by atoms with van der Waals surface area (Å²) < 4.78 is 13.0.